The maximum absolute atomic E-state index is 5.94. The first-order valence-corrected chi connectivity index (χ1v) is 6.62. The summed E-state index contributed by atoms with van der Waals surface area (Å²) < 4.78 is 5.79. The molecule has 0 fully saturated rings. The van der Waals surface area contributed by atoms with Crippen molar-refractivity contribution in [1.82, 2.24) is 5.32 Å². The van der Waals surface area contributed by atoms with E-state index in [1.165, 1.54) is 11.1 Å². The number of rotatable bonds is 1. The maximum atomic E-state index is 5.94. The largest absolute Gasteiger partial charge is 0.466 e. The van der Waals surface area contributed by atoms with E-state index in [-0.39, 0.29) is 6.04 Å². The molecular formula is C15H16ClNO. The first kappa shape index (κ1) is 11.8. The van der Waals surface area contributed by atoms with Crippen molar-refractivity contribution in [2.75, 3.05) is 0 Å². The van der Waals surface area contributed by atoms with Crippen molar-refractivity contribution in [1.29, 1.82) is 0 Å². The van der Waals surface area contributed by atoms with E-state index in [2.05, 4.69) is 30.4 Å². The third kappa shape index (κ3) is 2.06. The van der Waals surface area contributed by atoms with E-state index in [0.717, 1.165) is 23.0 Å². The third-order valence-corrected chi connectivity index (χ3v) is 3.67. The highest BCUT2D eigenvalue weighted by atomic mass is 35.5. The quantitative estimate of drug-likeness (QED) is 0.843. The molecule has 2 nitrogen and oxygen atoms in total. The van der Waals surface area contributed by atoms with Crippen LogP contribution in [0.1, 0.15) is 35.6 Å². The number of hydrogen-bond acceptors (Lipinski definition) is 2. The number of fused-ring (bicyclic) bond motifs is 1. The van der Waals surface area contributed by atoms with E-state index in [4.69, 9.17) is 16.0 Å². The molecular weight excluding hydrogens is 246 g/mol. The van der Waals surface area contributed by atoms with E-state index in [1.807, 2.05) is 19.1 Å². The fourth-order valence-corrected chi connectivity index (χ4v) is 2.75. The highest BCUT2D eigenvalue weighted by Gasteiger charge is 2.28. The molecule has 1 aliphatic rings. The lowest BCUT2D eigenvalue weighted by Crippen LogP contribution is -2.37. The summed E-state index contributed by atoms with van der Waals surface area (Å²) >= 11 is 5.94. The lowest BCUT2D eigenvalue weighted by Gasteiger charge is -2.28. The van der Waals surface area contributed by atoms with Crippen LogP contribution in [-0.4, -0.2) is 6.04 Å². The summed E-state index contributed by atoms with van der Waals surface area (Å²) in [5, 5.41) is 4.39. The zero-order chi connectivity index (χ0) is 12.7. The summed E-state index contributed by atoms with van der Waals surface area (Å²) in [6.07, 6.45) is 0.952. The summed E-state index contributed by atoms with van der Waals surface area (Å²) in [7, 11) is 0. The van der Waals surface area contributed by atoms with Gasteiger partial charge < -0.3 is 9.73 Å². The molecule has 0 aliphatic carbocycles. The minimum absolute atomic E-state index is 0.207. The predicted molar refractivity (Wildman–Crippen MR) is 73.0 cm³/mol. The van der Waals surface area contributed by atoms with Gasteiger partial charge in [-0.05, 0) is 37.6 Å². The average molecular weight is 262 g/mol. The topological polar surface area (TPSA) is 25.2 Å². The van der Waals surface area contributed by atoms with E-state index in [0.29, 0.717) is 6.04 Å². The Balaban J connectivity index is 2.04. The molecule has 0 radical (unpaired) electrons. The molecule has 1 aromatic heterocycles. The van der Waals surface area contributed by atoms with Crippen molar-refractivity contribution in [2.24, 2.45) is 0 Å². The smallest absolute Gasteiger partial charge is 0.110 e. The van der Waals surface area contributed by atoms with Crippen molar-refractivity contribution >= 4 is 11.6 Å². The van der Waals surface area contributed by atoms with Gasteiger partial charge in [0.05, 0.1) is 6.04 Å². The van der Waals surface area contributed by atoms with Crippen LogP contribution in [0.2, 0.25) is 5.02 Å². The van der Waals surface area contributed by atoms with Crippen LogP contribution in [0, 0.1) is 6.92 Å². The number of halogens is 1. The van der Waals surface area contributed by atoms with Gasteiger partial charge in [-0.2, -0.15) is 0 Å². The Hall–Kier alpha value is -1.25. The van der Waals surface area contributed by atoms with Crippen LogP contribution in [0.25, 0.3) is 0 Å². The van der Waals surface area contributed by atoms with E-state index >= 15 is 0 Å². The van der Waals surface area contributed by atoms with Gasteiger partial charge in [0, 0.05) is 23.0 Å². The van der Waals surface area contributed by atoms with Gasteiger partial charge in [-0.25, -0.2) is 0 Å². The molecule has 0 spiro atoms. The fourth-order valence-electron chi connectivity index (χ4n) is 2.63. The zero-order valence-electron chi connectivity index (χ0n) is 10.5. The summed E-state index contributed by atoms with van der Waals surface area (Å²) in [4.78, 5) is 0. The molecule has 0 amide bonds. The normalized spacial score (nSPS) is 22.8. The Morgan fingerprint density at radius 3 is 2.72 bits per heavy atom. The van der Waals surface area contributed by atoms with Gasteiger partial charge in [0.1, 0.15) is 11.5 Å². The SMILES string of the molecule is Cc1cc2c(o1)CC(C)NC2c1ccc(Cl)cc1. The molecule has 2 aromatic rings. The van der Waals surface area contributed by atoms with Crippen molar-refractivity contribution in [3.63, 3.8) is 0 Å². The zero-order valence-corrected chi connectivity index (χ0v) is 11.3. The average Bonchev–Trinajstić information content (AvgIpc) is 2.69. The minimum atomic E-state index is 0.207. The number of benzene rings is 1. The highest BCUT2D eigenvalue weighted by Crippen LogP contribution is 2.33. The van der Waals surface area contributed by atoms with E-state index in [1.54, 1.807) is 0 Å². The molecule has 94 valence electrons. The molecule has 18 heavy (non-hydrogen) atoms. The van der Waals surface area contributed by atoms with Crippen molar-refractivity contribution < 1.29 is 4.42 Å². The van der Waals surface area contributed by atoms with Crippen LogP contribution in [0.5, 0.6) is 0 Å². The molecule has 2 heterocycles. The van der Waals surface area contributed by atoms with Crippen LogP contribution < -0.4 is 5.32 Å². The first-order chi connectivity index (χ1) is 8.63. The second kappa shape index (κ2) is 4.45. The van der Waals surface area contributed by atoms with Gasteiger partial charge in [0.25, 0.3) is 0 Å². The lowest BCUT2D eigenvalue weighted by atomic mass is 9.92. The molecule has 1 aromatic carbocycles. The van der Waals surface area contributed by atoms with Crippen molar-refractivity contribution in [3.8, 4) is 0 Å². The lowest BCUT2D eigenvalue weighted by molar-refractivity contribution is 0.392. The second-order valence-corrected chi connectivity index (χ2v) is 5.43. The molecule has 1 aliphatic heterocycles. The Morgan fingerprint density at radius 2 is 2.00 bits per heavy atom. The van der Waals surface area contributed by atoms with Crippen molar-refractivity contribution in [3.05, 3.63) is 58.0 Å². The van der Waals surface area contributed by atoms with Gasteiger partial charge in [-0.3, -0.25) is 0 Å². The summed E-state index contributed by atoms with van der Waals surface area (Å²) in [6, 6.07) is 10.8. The Labute approximate surface area is 112 Å². The standard InChI is InChI=1S/C15H16ClNO/c1-9-7-14-13(8-10(2)18-14)15(17-9)11-3-5-12(16)6-4-11/h3-6,8-9,15,17H,7H2,1-2H3. The number of aryl methyl sites for hydroxylation is 1. The summed E-state index contributed by atoms with van der Waals surface area (Å²) in [6.45, 7) is 4.19. The van der Waals surface area contributed by atoms with Crippen LogP contribution in [-0.2, 0) is 6.42 Å². The molecule has 0 saturated heterocycles. The van der Waals surface area contributed by atoms with Gasteiger partial charge in [0.15, 0.2) is 0 Å². The van der Waals surface area contributed by atoms with Gasteiger partial charge >= 0.3 is 0 Å². The number of hydrogen-bond donors (Lipinski definition) is 1. The first-order valence-electron chi connectivity index (χ1n) is 6.24. The molecule has 2 atom stereocenters. The number of nitrogens with one attached hydrogen (secondary N) is 1. The molecule has 2 unspecified atom stereocenters. The van der Waals surface area contributed by atoms with Crippen LogP contribution in [0.15, 0.2) is 34.7 Å². The second-order valence-electron chi connectivity index (χ2n) is 4.99. The van der Waals surface area contributed by atoms with Gasteiger partial charge in [0.2, 0.25) is 0 Å². The summed E-state index contributed by atoms with van der Waals surface area (Å²) in [5.74, 6) is 2.09. The Kier molecular flexibility index (Phi) is 2.92. The van der Waals surface area contributed by atoms with E-state index < -0.39 is 0 Å². The monoisotopic (exact) mass is 261 g/mol. The predicted octanol–water partition coefficient (Wildman–Crippen LogP) is 3.87. The van der Waals surface area contributed by atoms with Crippen LogP contribution in [0.4, 0.5) is 0 Å². The maximum Gasteiger partial charge on any atom is 0.110 e. The van der Waals surface area contributed by atoms with Gasteiger partial charge in [-0.15, -0.1) is 0 Å². The fraction of sp³-hybridized carbons (Fsp3) is 0.333. The number of furan rings is 1. The molecule has 0 saturated carbocycles. The van der Waals surface area contributed by atoms with Crippen molar-refractivity contribution in [2.45, 2.75) is 32.4 Å². The molecule has 0 bridgehead atoms. The van der Waals surface area contributed by atoms with Gasteiger partial charge in [-0.1, -0.05) is 23.7 Å². The minimum Gasteiger partial charge on any atom is -0.466 e. The Bertz CT molecular complexity index is 558. The molecule has 3 rings (SSSR count). The van der Waals surface area contributed by atoms with E-state index in [9.17, 15) is 0 Å². The highest BCUT2D eigenvalue weighted by molar-refractivity contribution is 6.30. The molecule has 3 heteroatoms. The Morgan fingerprint density at radius 1 is 1.28 bits per heavy atom. The van der Waals surface area contributed by atoms with Crippen LogP contribution in [0.3, 0.4) is 0 Å². The molecule has 1 N–H and O–H groups in total. The third-order valence-electron chi connectivity index (χ3n) is 3.42. The summed E-state index contributed by atoms with van der Waals surface area (Å²) in [5.41, 5.74) is 2.49. The van der Waals surface area contributed by atoms with Crippen LogP contribution >= 0.6 is 11.6 Å².